The Balaban J connectivity index is 2.94. The molecule has 0 saturated heterocycles. The highest BCUT2D eigenvalue weighted by Crippen LogP contribution is 2.20. The van der Waals surface area contributed by atoms with Crippen molar-refractivity contribution in [2.75, 3.05) is 0 Å². The van der Waals surface area contributed by atoms with Crippen molar-refractivity contribution in [2.24, 2.45) is 5.84 Å². The molecule has 0 aromatic heterocycles. The molecule has 1 aromatic carbocycles. The van der Waals surface area contributed by atoms with Crippen LogP contribution in [-0.2, 0) is 4.74 Å². The first-order valence-corrected chi connectivity index (χ1v) is 6.89. The first-order valence-electron chi connectivity index (χ1n) is 6.10. The molecule has 0 aliphatic rings. The van der Waals surface area contributed by atoms with E-state index in [1.165, 1.54) is 6.20 Å². The Kier molecular flexibility index (Phi) is 5.53. The van der Waals surface area contributed by atoms with E-state index in [9.17, 15) is 4.79 Å². The lowest BCUT2D eigenvalue weighted by molar-refractivity contribution is 0.0335. The molecule has 1 rings (SSSR count). The van der Waals surface area contributed by atoms with Crippen molar-refractivity contribution in [1.82, 2.24) is 5.01 Å². The van der Waals surface area contributed by atoms with Gasteiger partial charge in [-0.25, -0.2) is 15.6 Å². The van der Waals surface area contributed by atoms with Crippen LogP contribution in [0.15, 0.2) is 47.6 Å². The molecule has 0 bridgehead atoms. The molecule has 0 atom stereocenters. The minimum atomic E-state index is -0.619. The number of halogens is 1. The molecule has 5 heteroatoms. The van der Waals surface area contributed by atoms with E-state index in [1.54, 1.807) is 26.8 Å². The normalized spacial score (nSPS) is 11.9. The number of allylic oxidation sites excluding steroid dienone is 2. The topological polar surface area (TPSA) is 55.6 Å². The maximum Gasteiger partial charge on any atom is 0.428 e. The summed E-state index contributed by atoms with van der Waals surface area (Å²) in [6.45, 7) is 9.08. The summed E-state index contributed by atoms with van der Waals surface area (Å²) in [5.74, 6) is 5.70. The van der Waals surface area contributed by atoms with Crippen molar-refractivity contribution in [2.45, 2.75) is 26.4 Å². The molecular formula is C15H19BrN2O2. The molecule has 108 valence electrons. The van der Waals surface area contributed by atoms with Gasteiger partial charge in [0.25, 0.3) is 0 Å². The number of hydrogen-bond acceptors (Lipinski definition) is 3. The Hall–Kier alpha value is -1.59. The average Bonchev–Trinajstić information content (AvgIpc) is 2.33. The van der Waals surface area contributed by atoms with Crippen molar-refractivity contribution in [3.05, 3.63) is 53.2 Å². The predicted octanol–water partition coefficient (Wildman–Crippen LogP) is 4.09. The molecule has 0 heterocycles. The van der Waals surface area contributed by atoms with Crippen molar-refractivity contribution >= 4 is 27.6 Å². The highest BCUT2D eigenvalue weighted by molar-refractivity contribution is 9.10. The summed E-state index contributed by atoms with van der Waals surface area (Å²) >= 11 is 3.40. The van der Waals surface area contributed by atoms with E-state index < -0.39 is 11.7 Å². The highest BCUT2D eigenvalue weighted by Gasteiger charge is 2.19. The maximum absolute atomic E-state index is 11.8. The summed E-state index contributed by atoms with van der Waals surface area (Å²) in [7, 11) is 0. The first-order chi connectivity index (χ1) is 9.23. The van der Waals surface area contributed by atoms with E-state index in [-0.39, 0.29) is 0 Å². The van der Waals surface area contributed by atoms with Gasteiger partial charge in [0.2, 0.25) is 0 Å². The van der Waals surface area contributed by atoms with Crippen LogP contribution in [0.5, 0.6) is 0 Å². The Morgan fingerprint density at radius 2 is 2.10 bits per heavy atom. The summed E-state index contributed by atoms with van der Waals surface area (Å²) < 4.78 is 6.11. The zero-order valence-corrected chi connectivity index (χ0v) is 13.5. The molecule has 2 N–H and O–H groups in total. The number of nitrogens with zero attached hydrogens (tertiary/aromatic N) is 1. The Bertz CT molecular complexity index is 533. The molecule has 0 saturated carbocycles. The van der Waals surface area contributed by atoms with Gasteiger partial charge in [-0.3, -0.25) is 0 Å². The van der Waals surface area contributed by atoms with E-state index in [0.29, 0.717) is 0 Å². The number of ether oxygens (including phenoxy) is 1. The van der Waals surface area contributed by atoms with Crippen molar-refractivity contribution in [3.63, 3.8) is 0 Å². The zero-order chi connectivity index (χ0) is 15.3. The standard InChI is InChI=1S/C15H19BrN2O2/c1-5-11(12-7-6-8-13(16)9-12)10-18(17)14(19)20-15(2,3)4/h5-10H,1,17H2,2-4H3/b11-10+. The van der Waals surface area contributed by atoms with Gasteiger partial charge in [-0.05, 0) is 44.0 Å². The Labute approximate surface area is 128 Å². The Morgan fingerprint density at radius 1 is 1.45 bits per heavy atom. The second kappa shape index (κ2) is 6.72. The average molecular weight is 339 g/mol. The second-order valence-electron chi connectivity index (χ2n) is 5.19. The second-order valence-corrected chi connectivity index (χ2v) is 6.10. The van der Waals surface area contributed by atoms with Crippen LogP contribution in [0.2, 0.25) is 0 Å². The number of rotatable bonds is 3. The van der Waals surface area contributed by atoms with Crippen LogP contribution in [0.4, 0.5) is 4.79 Å². The third-order valence-electron chi connectivity index (χ3n) is 2.26. The molecular weight excluding hydrogens is 320 g/mol. The minimum Gasteiger partial charge on any atom is -0.443 e. The number of hydrogen-bond donors (Lipinski definition) is 1. The van der Waals surface area contributed by atoms with E-state index >= 15 is 0 Å². The molecule has 4 nitrogen and oxygen atoms in total. The smallest absolute Gasteiger partial charge is 0.428 e. The van der Waals surface area contributed by atoms with Crippen LogP contribution in [0.25, 0.3) is 5.57 Å². The number of hydrazine groups is 1. The van der Waals surface area contributed by atoms with Crippen LogP contribution in [0, 0.1) is 0 Å². The highest BCUT2D eigenvalue weighted by atomic mass is 79.9. The fourth-order valence-corrected chi connectivity index (χ4v) is 1.83. The predicted molar refractivity (Wildman–Crippen MR) is 84.6 cm³/mol. The monoisotopic (exact) mass is 338 g/mol. The van der Waals surface area contributed by atoms with E-state index in [0.717, 1.165) is 20.6 Å². The van der Waals surface area contributed by atoms with Crippen molar-refractivity contribution < 1.29 is 9.53 Å². The summed E-state index contributed by atoms with van der Waals surface area (Å²) in [4.78, 5) is 11.8. The van der Waals surface area contributed by atoms with Crippen LogP contribution in [-0.4, -0.2) is 16.7 Å². The molecule has 0 spiro atoms. The molecule has 0 aliphatic carbocycles. The van der Waals surface area contributed by atoms with Gasteiger partial charge in [0.05, 0.1) is 0 Å². The molecule has 1 amide bonds. The van der Waals surface area contributed by atoms with Crippen LogP contribution in [0.3, 0.4) is 0 Å². The number of nitrogens with two attached hydrogens (primary N) is 1. The SMILES string of the molecule is C=C/C(=C\N(N)C(=O)OC(C)(C)C)c1cccc(Br)c1. The van der Waals surface area contributed by atoms with Gasteiger partial charge in [0.1, 0.15) is 5.60 Å². The molecule has 0 radical (unpaired) electrons. The van der Waals surface area contributed by atoms with Gasteiger partial charge >= 0.3 is 6.09 Å². The molecule has 0 aliphatic heterocycles. The summed E-state index contributed by atoms with van der Waals surface area (Å²) in [6.07, 6.45) is 2.50. The summed E-state index contributed by atoms with van der Waals surface area (Å²) in [5.41, 5.74) is 1.03. The maximum atomic E-state index is 11.8. The lowest BCUT2D eigenvalue weighted by Gasteiger charge is -2.22. The van der Waals surface area contributed by atoms with Crippen molar-refractivity contribution in [1.29, 1.82) is 0 Å². The van der Waals surface area contributed by atoms with Gasteiger partial charge in [-0.1, -0.05) is 40.7 Å². The van der Waals surface area contributed by atoms with Gasteiger partial charge in [-0.2, -0.15) is 0 Å². The number of amides is 1. The fourth-order valence-electron chi connectivity index (χ4n) is 1.43. The number of benzene rings is 1. The lowest BCUT2D eigenvalue weighted by atomic mass is 10.1. The van der Waals surface area contributed by atoms with Crippen LogP contribution in [0.1, 0.15) is 26.3 Å². The van der Waals surface area contributed by atoms with Gasteiger partial charge in [-0.15, -0.1) is 0 Å². The number of carbonyl (C=O) groups is 1. The molecule has 0 unspecified atom stereocenters. The third-order valence-corrected chi connectivity index (χ3v) is 2.75. The molecule has 20 heavy (non-hydrogen) atoms. The molecule has 0 fully saturated rings. The Morgan fingerprint density at radius 3 is 2.60 bits per heavy atom. The lowest BCUT2D eigenvalue weighted by Crippen LogP contribution is -2.37. The fraction of sp³-hybridized carbons (Fsp3) is 0.267. The van der Waals surface area contributed by atoms with Gasteiger partial charge in [0, 0.05) is 10.7 Å². The van der Waals surface area contributed by atoms with Crippen LogP contribution >= 0.6 is 15.9 Å². The first kappa shape index (κ1) is 16.5. The molecule has 1 aromatic rings. The largest absolute Gasteiger partial charge is 0.443 e. The van der Waals surface area contributed by atoms with Gasteiger partial charge in [0.15, 0.2) is 0 Å². The summed E-state index contributed by atoms with van der Waals surface area (Å²) in [6, 6.07) is 7.63. The van der Waals surface area contributed by atoms with Crippen LogP contribution < -0.4 is 5.84 Å². The zero-order valence-electron chi connectivity index (χ0n) is 11.9. The van der Waals surface area contributed by atoms with E-state index in [1.807, 2.05) is 24.3 Å². The minimum absolute atomic E-state index is 0.591. The van der Waals surface area contributed by atoms with Crippen molar-refractivity contribution in [3.8, 4) is 0 Å². The number of carbonyl (C=O) groups excluding carboxylic acids is 1. The van der Waals surface area contributed by atoms with E-state index in [4.69, 9.17) is 10.6 Å². The quantitative estimate of drug-likeness (QED) is 0.391. The summed E-state index contributed by atoms with van der Waals surface area (Å²) in [5, 5.41) is 0.920. The van der Waals surface area contributed by atoms with Gasteiger partial charge < -0.3 is 4.74 Å². The third kappa shape index (κ3) is 5.19. The van der Waals surface area contributed by atoms with E-state index in [2.05, 4.69) is 22.5 Å².